The molecule has 0 aliphatic heterocycles. The van der Waals surface area contributed by atoms with Crippen LogP contribution in [0.3, 0.4) is 0 Å². The van der Waals surface area contributed by atoms with Crippen LogP contribution < -0.4 is 0 Å². The van der Waals surface area contributed by atoms with Crippen molar-refractivity contribution < 1.29 is 15.0 Å². The molecule has 4 aliphatic carbocycles. The van der Waals surface area contributed by atoms with Crippen LogP contribution in [0.5, 0.6) is 0 Å². The topological polar surface area (TPSA) is 57.5 Å². The zero-order valence-electron chi connectivity index (χ0n) is 15.3. The third-order valence-corrected chi connectivity index (χ3v) is 8.55. The highest BCUT2D eigenvalue weighted by atomic mass is 16.3. The van der Waals surface area contributed by atoms with Gasteiger partial charge in [0.2, 0.25) is 0 Å². The molecule has 0 heterocycles. The van der Waals surface area contributed by atoms with E-state index in [1.54, 1.807) is 6.92 Å². The maximum Gasteiger partial charge on any atom is 0.133 e. The molecule has 8 atom stereocenters. The van der Waals surface area contributed by atoms with Gasteiger partial charge in [-0.05, 0) is 80.5 Å². The Bertz CT molecular complexity index is 582. The fourth-order valence-electron chi connectivity index (χ4n) is 7.34. The Labute approximate surface area is 145 Å². The van der Waals surface area contributed by atoms with Crippen LogP contribution in [0.2, 0.25) is 0 Å². The molecule has 3 saturated carbocycles. The molecular weight excluding hydrogens is 300 g/mol. The molecule has 0 bridgehead atoms. The Kier molecular flexibility index (Phi) is 3.78. The third kappa shape index (κ3) is 2.13. The minimum Gasteiger partial charge on any atom is -0.393 e. The molecule has 4 rings (SSSR count). The van der Waals surface area contributed by atoms with Crippen LogP contribution in [-0.4, -0.2) is 28.2 Å². The van der Waals surface area contributed by atoms with E-state index in [0.717, 1.165) is 38.5 Å². The number of rotatable bonds is 1. The summed E-state index contributed by atoms with van der Waals surface area (Å²) in [4.78, 5) is 12.2. The van der Waals surface area contributed by atoms with Crippen molar-refractivity contribution in [1.82, 2.24) is 0 Å². The van der Waals surface area contributed by atoms with Gasteiger partial charge in [0.1, 0.15) is 5.78 Å². The predicted octanol–water partition coefficient (Wildman–Crippen LogP) is 3.49. The molecular formula is C21H32O3. The Balaban J connectivity index is 1.70. The lowest BCUT2D eigenvalue weighted by Crippen LogP contribution is -2.52. The smallest absolute Gasteiger partial charge is 0.133 e. The fraction of sp³-hybridized carbons (Fsp3) is 0.857. The molecule has 24 heavy (non-hydrogen) atoms. The van der Waals surface area contributed by atoms with Crippen LogP contribution in [-0.2, 0) is 4.79 Å². The van der Waals surface area contributed by atoms with Gasteiger partial charge in [0, 0.05) is 5.92 Å². The number of allylic oxidation sites excluding steroid dienone is 1. The average molecular weight is 332 g/mol. The van der Waals surface area contributed by atoms with Crippen molar-refractivity contribution in [3.8, 4) is 0 Å². The van der Waals surface area contributed by atoms with E-state index < -0.39 is 0 Å². The van der Waals surface area contributed by atoms with Crippen molar-refractivity contribution in [1.29, 1.82) is 0 Å². The standard InChI is InChI=1S/C21H32O3/c1-12(22)17-11-18(24)19-15-5-4-13-10-14(23)6-8-20(13,2)16(15)7-9-21(17,19)3/h4,14-19,23-24H,5-11H2,1-3H3. The SMILES string of the molecule is CC(=O)C1CC(O)C2C3CC=C4CC(O)CCC4(C)C3CCC12C. The highest BCUT2D eigenvalue weighted by molar-refractivity contribution is 5.79. The maximum absolute atomic E-state index is 12.2. The van der Waals surface area contributed by atoms with Gasteiger partial charge in [-0.15, -0.1) is 0 Å². The number of hydrogen-bond acceptors (Lipinski definition) is 3. The molecule has 3 nitrogen and oxygen atoms in total. The van der Waals surface area contributed by atoms with Crippen molar-refractivity contribution in [2.75, 3.05) is 0 Å². The van der Waals surface area contributed by atoms with Gasteiger partial charge in [0.25, 0.3) is 0 Å². The Hall–Kier alpha value is -0.670. The summed E-state index contributed by atoms with van der Waals surface area (Å²) >= 11 is 0. The number of carbonyl (C=O) groups is 1. The van der Waals surface area contributed by atoms with Crippen LogP contribution in [0.4, 0.5) is 0 Å². The first kappa shape index (κ1) is 16.8. The van der Waals surface area contributed by atoms with Crippen LogP contribution in [0, 0.1) is 34.5 Å². The molecule has 0 spiro atoms. The lowest BCUT2D eigenvalue weighted by Gasteiger charge is -2.58. The molecule has 4 aliphatic rings. The van der Waals surface area contributed by atoms with E-state index in [1.165, 1.54) is 5.57 Å². The molecule has 2 N–H and O–H groups in total. The van der Waals surface area contributed by atoms with Crippen LogP contribution >= 0.6 is 0 Å². The zero-order valence-corrected chi connectivity index (χ0v) is 15.3. The monoisotopic (exact) mass is 332 g/mol. The van der Waals surface area contributed by atoms with Crippen molar-refractivity contribution in [3.63, 3.8) is 0 Å². The van der Waals surface area contributed by atoms with Crippen LogP contribution in [0.25, 0.3) is 0 Å². The first-order valence-electron chi connectivity index (χ1n) is 9.83. The van der Waals surface area contributed by atoms with Gasteiger partial charge in [-0.25, -0.2) is 0 Å². The molecule has 0 aromatic carbocycles. The maximum atomic E-state index is 12.2. The van der Waals surface area contributed by atoms with Gasteiger partial charge in [-0.3, -0.25) is 4.79 Å². The lowest BCUT2D eigenvalue weighted by atomic mass is 9.47. The highest BCUT2D eigenvalue weighted by Crippen LogP contribution is 2.66. The first-order valence-corrected chi connectivity index (χ1v) is 9.83. The van der Waals surface area contributed by atoms with Gasteiger partial charge in [-0.1, -0.05) is 25.5 Å². The van der Waals surface area contributed by atoms with Crippen LogP contribution in [0.1, 0.15) is 65.7 Å². The van der Waals surface area contributed by atoms with Gasteiger partial charge >= 0.3 is 0 Å². The summed E-state index contributed by atoms with van der Waals surface area (Å²) in [5, 5.41) is 20.9. The second-order valence-corrected chi connectivity index (χ2v) is 9.59. The minimum absolute atomic E-state index is 0.0255. The Morgan fingerprint density at radius 2 is 1.96 bits per heavy atom. The van der Waals surface area contributed by atoms with Gasteiger partial charge in [0.15, 0.2) is 0 Å². The molecule has 0 aromatic heterocycles. The molecule has 3 fully saturated rings. The van der Waals surface area contributed by atoms with Crippen molar-refractivity contribution in [2.24, 2.45) is 34.5 Å². The lowest BCUT2D eigenvalue weighted by molar-refractivity contribution is -0.128. The number of carbonyl (C=O) groups excluding carboxylic acids is 1. The summed E-state index contributed by atoms with van der Waals surface area (Å²) in [6.07, 6.45) is 8.58. The molecule has 0 radical (unpaired) electrons. The van der Waals surface area contributed by atoms with E-state index in [4.69, 9.17) is 0 Å². The number of aliphatic hydroxyl groups excluding tert-OH is 2. The minimum atomic E-state index is -0.329. The normalized spacial score (nSPS) is 53.6. The number of Topliss-reactive ketones (excluding diaryl/α,β-unsaturated/α-hetero) is 1. The largest absolute Gasteiger partial charge is 0.393 e. The predicted molar refractivity (Wildman–Crippen MR) is 93.3 cm³/mol. The summed E-state index contributed by atoms with van der Waals surface area (Å²) in [6.45, 7) is 6.37. The summed E-state index contributed by atoms with van der Waals surface area (Å²) in [5.41, 5.74) is 1.63. The number of hydrogen-bond donors (Lipinski definition) is 2. The molecule has 8 unspecified atom stereocenters. The van der Waals surface area contributed by atoms with E-state index in [2.05, 4.69) is 19.9 Å². The zero-order chi connectivity index (χ0) is 17.3. The Morgan fingerprint density at radius 1 is 1.21 bits per heavy atom. The van der Waals surface area contributed by atoms with Crippen molar-refractivity contribution >= 4 is 5.78 Å². The quantitative estimate of drug-likeness (QED) is 0.723. The van der Waals surface area contributed by atoms with Gasteiger partial charge in [-0.2, -0.15) is 0 Å². The third-order valence-electron chi connectivity index (χ3n) is 8.55. The Morgan fingerprint density at radius 3 is 2.67 bits per heavy atom. The van der Waals surface area contributed by atoms with E-state index in [9.17, 15) is 15.0 Å². The van der Waals surface area contributed by atoms with E-state index in [1.807, 2.05) is 0 Å². The summed E-state index contributed by atoms with van der Waals surface area (Å²) in [5.74, 6) is 1.64. The molecule has 0 saturated heterocycles. The molecule has 0 amide bonds. The second kappa shape index (κ2) is 5.41. The fourth-order valence-corrected chi connectivity index (χ4v) is 7.34. The molecule has 0 aromatic rings. The number of fused-ring (bicyclic) bond motifs is 5. The van der Waals surface area contributed by atoms with E-state index >= 15 is 0 Å². The van der Waals surface area contributed by atoms with Crippen molar-refractivity contribution in [3.05, 3.63) is 11.6 Å². The number of ketones is 1. The summed E-state index contributed by atoms with van der Waals surface area (Å²) in [7, 11) is 0. The summed E-state index contributed by atoms with van der Waals surface area (Å²) in [6, 6.07) is 0. The summed E-state index contributed by atoms with van der Waals surface area (Å²) < 4.78 is 0. The van der Waals surface area contributed by atoms with E-state index in [0.29, 0.717) is 18.3 Å². The average Bonchev–Trinajstić information content (AvgIpc) is 2.80. The second-order valence-electron chi connectivity index (χ2n) is 9.59. The van der Waals surface area contributed by atoms with E-state index in [-0.39, 0.29) is 40.7 Å². The number of aliphatic hydroxyl groups is 2. The van der Waals surface area contributed by atoms with Crippen LogP contribution in [0.15, 0.2) is 11.6 Å². The highest BCUT2D eigenvalue weighted by Gasteiger charge is 2.62. The molecule has 3 heteroatoms. The first-order chi connectivity index (χ1) is 11.3. The van der Waals surface area contributed by atoms with Crippen molar-refractivity contribution in [2.45, 2.75) is 77.9 Å². The van der Waals surface area contributed by atoms with Gasteiger partial charge in [0.05, 0.1) is 12.2 Å². The molecule has 134 valence electrons. The van der Waals surface area contributed by atoms with Gasteiger partial charge < -0.3 is 10.2 Å².